The first-order valence-electron chi connectivity index (χ1n) is 12.9. The SMILES string of the molecule is Cc1ccc(N2C(=O)CC[C@H]2c2nc3cc(-c4c(C)noc4C)ccc3n2C2CCS(=O)(=O)CC2)cc1F. The van der Waals surface area contributed by atoms with Crippen LogP contribution < -0.4 is 4.90 Å². The molecule has 10 heteroatoms. The summed E-state index contributed by atoms with van der Waals surface area (Å²) >= 11 is 0. The minimum Gasteiger partial charge on any atom is -0.361 e. The van der Waals surface area contributed by atoms with E-state index in [9.17, 15) is 17.6 Å². The molecule has 0 spiro atoms. The van der Waals surface area contributed by atoms with Gasteiger partial charge in [0, 0.05) is 23.7 Å². The number of sulfone groups is 1. The second-order valence-electron chi connectivity index (χ2n) is 10.4. The average Bonchev–Trinajstić information content (AvgIpc) is 3.55. The number of aryl methyl sites for hydroxylation is 3. The maximum absolute atomic E-state index is 14.5. The van der Waals surface area contributed by atoms with Gasteiger partial charge in [-0.3, -0.25) is 4.79 Å². The molecule has 38 heavy (non-hydrogen) atoms. The Morgan fingerprint density at radius 3 is 2.47 bits per heavy atom. The van der Waals surface area contributed by atoms with Crippen LogP contribution in [0.3, 0.4) is 0 Å². The molecule has 0 aliphatic carbocycles. The monoisotopic (exact) mass is 536 g/mol. The number of fused-ring (bicyclic) bond motifs is 1. The Labute approximate surface area is 220 Å². The van der Waals surface area contributed by atoms with Crippen LogP contribution in [0.1, 0.15) is 60.6 Å². The molecule has 2 aliphatic rings. The van der Waals surface area contributed by atoms with Gasteiger partial charge in [-0.25, -0.2) is 17.8 Å². The third kappa shape index (κ3) is 4.11. The van der Waals surface area contributed by atoms with Crippen molar-refractivity contribution in [3.63, 3.8) is 0 Å². The van der Waals surface area contributed by atoms with E-state index < -0.39 is 15.9 Å². The van der Waals surface area contributed by atoms with Crippen molar-refractivity contribution in [1.29, 1.82) is 0 Å². The molecule has 2 fully saturated rings. The molecule has 2 aromatic heterocycles. The summed E-state index contributed by atoms with van der Waals surface area (Å²) in [5, 5.41) is 4.08. The predicted octanol–water partition coefficient (Wildman–Crippen LogP) is 5.37. The van der Waals surface area contributed by atoms with Crippen molar-refractivity contribution < 1.29 is 22.1 Å². The van der Waals surface area contributed by atoms with E-state index in [-0.39, 0.29) is 29.3 Å². The van der Waals surface area contributed by atoms with Crippen LogP contribution in [0.15, 0.2) is 40.9 Å². The maximum atomic E-state index is 14.5. The van der Waals surface area contributed by atoms with Crippen molar-refractivity contribution in [2.75, 3.05) is 16.4 Å². The largest absolute Gasteiger partial charge is 0.361 e. The van der Waals surface area contributed by atoms with Crippen molar-refractivity contribution in [1.82, 2.24) is 14.7 Å². The predicted molar refractivity (Wildman–Crippen MR) is 142 cm³/mol. The normalized spacial score (nSPS) is 20.1. The summed E-state index contributed by atoms with van der Waals surface area (Å²) in [6, 6.07) is 10.4. The summed E-state index contributed by atoms with van der Waals surface area (Å²) in [7, 11) is -3.07. The quantitative estimate of drug-likeness (QED) is 0.348. The number of nitrogens with zero attached hydrogens (tertiary/aromatic N) is 4. The molecule has 0 N–H and O–H groups in total. The molecule has 2 aliphatic heterocycles. The molecule has 1 amide bonds. The molecule has 4 aromatic rings. The maximum Gasteiger partial charge on any atom is 0.227 e. The van der Waals surface area contributed by atoms with Crippen LogP contribution in [0, 0.1) is 26.6 Å². The molecule has 0 unspecified atom stereocenters. The van der Waals surface area contributed by atoms with Crippen LogP contribution >= 0.6 is 0 Å². The number of benzene rings is 2. The number of hydrogen-bond acceptors (Lipinski definition) is 6. The fraction of sp³-hybridized carbons (Fsp3) is 0.393. The van der Waals surface area contributed by atoms with E-state index >= 15 is 0 Å². The van der Waals surface area contributed by atoms with Crippen LogP contribution in [0.5, 0.6) is 0 Å². The fourth-order valence-electron chi connectivity index (χ4n) is 5.91. The molecular weight excluding hydrogens is 507 g/mol. The van der Waals surface area contributed by atoms with Crippen LogP contribution in [-0.2, 0) is 14.6 Å². The Hall–Kier alpha value is -3.53. The summed E-state index contributed by atoms with van der Waals surface area (Å²) in [5.74, 6) is 1.20. The molecule has 2 saturated heterocycles. The average molecular weight is 537 g/mol. The number of aromatic nitrogens is 3. The van der Waals surface area contributed by atoms with Gasteiger partial charge in [0.25, 0.3) is 0 Å². The zero-order valence-electron chi connectivity index (χ0n) is 21.6. The lowest BCUT2D eigenvalue weighted by Crippen LogP contribution is -2.32. The number of halogens is 1. The van der Waals surface area contributed by atoms with E-state index in [1.54, 1.807) is 24.0 Å². The van der Waals surface area contributed by atoms with Gasteiger partial charge in [0.2, 0.25) is 5.91 Å². The third-order valence-corrected chi connectivity index (χ3v) is 9.59. The van der Waals surface area contributed by atoms with Gasteiger partial charge in [-0.15, -0.1) is 0 Å². The molecule has 2 aromatic carbocycles. The van der Waals surface area contributed by atoms with E-state index in [1.165, 1.54) is 6.07 Å². The van der Waals surface area contributed by atoms with Gasteiger partial charge in [-0.1, -0.05) is 17.3 Å². The summed E-state index contributed by atoms with van der Waals surface area (Å²) in [6.07, 6.45) is 1.82. The Morgan fingerprint density at radius 1 is 1.03 bits per heavy atom. The van der Waals surface area contributed by atoms with Crippen molar-refractivity contribution in [3.8, 4) is 11.1 Å². The van der Waals surface area contributed by atoms with Gasteiger partial charge < -0.3 is 14.0 Å². The number of imidazole rings is 1. The molecule has 198 valence electrons. The van der Waals surface area contributed by atoms with E-state index in [1.807, 2.05) is 32.0 Å². The molecule has 0 radical (unpaired) electrons. The highest BCUT2D eigenvalue weighted by atomic mass is 32.2. The van der Waals surface area contributed by atoms with E-state index in [0.717, 1.165) is 27.9 Å². The lowest BCUT2D eigenvalue weighted by Gasteiger charge is -2.30. The topological polar surface area (TPSA) is 98.3 Å². The van der Waals surface area contributed by atoms with Crippen LogP contribution in [0.25, 0.3) is 22.2 Å². The molecule has 0 saturated carbocycles. The second kappa shape index (κ2) is 9.04. The molecule has 0 bridgehead atoms. The number of amides is 1. The summed E-state index contributed by atoms with van der Waals surface area (Å²) < 4.78 is 46.5. The molecule has 8 nitrogen and oxygen atoms in total. The third-order valence-electron chi connectivity index (χ3n) is 7.87. The lowest BCUT2D eigenvalue weighted by molar-refractivity contribution is -0.117. The smallest absolute Gasteiger partial charge is 0.227 e. The number of anilines is 1. The number of rotatable bonds is 4. The molecule has 1 atom stereocenters. The molecule has 6 rings (SSSR count). The van der Waals surface area contributed by atoms with E-state index in [2.05, 4.69) is 9.72 Å². The summed E-state index contributed by atoms with van der Waals surface area (Å²) in [6.45, 7) is 5.45. The number of carbonyl (C=O) groups is 1. The fourth-order valence-corrected chi connectivity index (χ4v) is 7.37. The first-order valence-corrected chi connectivity index (χ1v) is 14.7. The van der Waals surface area contributed by atoms with Crippen molar-refractivity contribution >= 4 is 32.5 Å². The minimum absolute atomic E-state index is 0.0734. The molecular formula is C28H29FN4O4S. The Kier molecular flexibility index (Phi) is 5.90. The Balaban J connectivity index is 1.51. The highest BCUT2D eigenvalue weighted by Crippen LogP contribution is 2.41. The van der Waals surface area contributed by atoms with Gasteiger partial charge in [0.05, 0.1) is 34.3 Å². The highest BCUT2D eigenvalue weighted by Gasteiger charge is 2.39. The van der Waals surface area contributed by atoms with Gasteiger partial charge in [0.1, 0.15) is 27.2 Å². The van der Waals surface area contributed by atoms with Crippen LogP contribution in [0.2, 0.25) is 0 Å². The van der Waals surface area contributed by atoms with Crippen molar-refractivity contribution in [2.45, 2.75) is 58.5 Å². The Bertz CT molecular complexity index is 1660. The van der Waals surface area contributed by atoms with Gasteiger partial charge >= 0.3 is 0 Å². The van der Waals surface area contributed by atoms with Gasteiger partial charge in [-0.05, 0) is 75.4 Å². The van der Waals surface area contributed by atoms with E-state index in [4.69, 9.17) is 9.51 Å². The second-order valence-corrected chi connectivity index (χ2v) is 12.7. The number of hydrogen-bond donors (Lipinski definition) is 0. The van der Waals surface area contributed by atoms with Gasteiger partial charge in [-0.2, -0.15) is 0 Å². The lowest BCUT2D eigenvalue weighted by atomic mass is 10.0. The first kappa shape index (κ1) is 24.8. The standard InChI is InChI=1S/C28H29FN4O4S/c1-16-4-6-21(15-22(16)29)32-25(8-9-26(32)34)28-30-23-14-19(27-17(2)31-37-18(27)3)5-7-24(23)33(28)20-10-12-38(35,36)13-11-20/h4-7,14-15,20,25H,8-13H2,1-3H3/t25-/m0/s1. The molecule has 4 heterocycles. The Morgan fingerprint density at radius 2 is 1.79 bits per heavy atom. The van der Waals surface area contributed by atoms with Crippen LogP contribution in [0.4, 0.5) is 10.1 Å². The zero-order valence-corrected chi connectivity index (χ0v) is 22.4. The zero-order chi connectivity index (χ0) is 26.8. The van der Waals surface area contributed by atoms with E-state index in [0.29, 0.717) is 48.5 Å². The van der Waals surface area contributed by atoms with Crippen molar-refractivity contribution in [2.24, 2.45) is 0 Å². The summed E-state index contributed by atoms with van der Waals surface area (Å²) in [5.41, 5.74) is 5.28. The minimum atomic E-state index is -3.07. The van der Waals surface area contributed by atoms with Gasteiger partial charge in [0.15, 0.2) is 0 Å². The first-order chi connectivity index (χ1) is 18.1. The van der Waals surface area contributed by atoms with Crippen LogP contribution in [-0.4, -0.2) is 40.5 Å². The number of carbonyl (C=O) groups excluding carboxylic acids is 1. The van der Waals surface area contributed by atoms with Crippen molar-refractivity contribution in [3.05, 3.63) is 65.1 Å². The summed E-state index contributed by atoms with van der Waals surface area (Å²) in [4.78, 5) is 19.8. The highest BCUT2D eigenvalue weighted by molar-refractivity contribution is 7.91.